The zero-order chi connectivity index (χ0) is 28.5. The Hall–Kier alpha value is -2.59. The molecular formula is C30H42F2N4O4. The Labute approximate surface area is 235 Å². The number of methoxy groups -OCH3 is 1. The quantitative estimate of drug-likeness (QED) is 0.489. The molecule has 1 N–H and O–H groups in total. The molecule has 1 aromatic rings. The predicted octanol–water partition coefficient (Wildman–Crippen LogP) is 4.21. The summed E-state index contributed by atoms with van der Waals surface area (Å²) in [4.78, 5) is 44.9. The predicted molar refractivity (Wildman–Crippen MR) is 146 cm³/mol. The molecule has 3 saturated heterocycles. The number of carbonyl (C=O) groups excluding carboxylic acids is 3. The molecule has 4 fully saturated rings. The second-order valence-corrected chi connectivity index (χ2v) is 12.3. The fraction of sp³-hybridized carbons (Fsp3) is 0.700. The minimum absolute atomic E-state index is 0.0739. The highest BCUT2D eigenvalue weighted by atomic mass is 19.3. The third-order valence-electron chi connectivity index (χ3n) is 9.68. The smallest absolute Gasteiger partial charge is 0.326 e. The number of carbonyl (C=O) groups is 3. The lowest BCUT2D eigenvalue weighted by molar-refractivity contribution is -0.149. The van der Waals surface area contributed by atoms with E-state index < -0.39 is 11.3 Å². The number of urea groups is 1. The zero-order valence-electron chi connectivity index (χ0n) is 23.6. The Bertz CT molecular complexity index is 1060. The van der Waals surface area contributed by atoms with Gasteiger partial charge in [0.25, 0.3) is 0 Å². The first kappa shape index (κ1) is 28.9. The van der Waals surface area contributed by atoms with Gasteiger partial charge in [-0.05, 0) is 50.5 Å². The van der Waals surface area contributed by atoms with Crippen molar-refractivity contribution in [2.45, 2.75) is 81.8 Å². The van der Waals surface area contributed by atoms with Gasteiger partial charge in [0.05, 0.1) is 18.1 Å². The summed E-state index contributed by atoms with van der Waals surface area (Å²) >= 11 is 0. The van der Waals surface area contributed by atoms with E-state index in [0.29, 0.717) is 39.0 Å². The van der Waals surface area contributed by atoms with E-state index in [9.17, 15) is 23.2 Å². The minimum Gasteiger partial charge on any atom is -0.383 e. The van der Waals surface area contributed by atoms with Crippen LogP contribution >= 0.6 is 0 Å². The lowest BCUT2D eigenvalue weighted by Crippen LogP contribution is -2.65. The number of alkyl halides is 2. The fourth-order valence-electron chi connectivity index (χ4n) is 7.52. The largest absolute Gasteiger partial charge is 0.383 e. The topological polar surface area (TPSA) is 82.2 Å². The van der Waals surface area contributed by atoms with Gasteiger partial charge < -0.3 is 15.0 Å². The molecule has 0 radical (unpaired) electrons. The van der Waals surface area contributed by atoms with Crippen LogP contribution in [0.4, 0.5) is 13.6 Å². The van der Waals surface area contributed by atoms with Crippen LogP contribution in [0.15, 0.2) is 30.3 Å². The van der Waals surface area contributed by atoms with Gasteiger partial charge in [-0.15, -0.1) is 0 Å². The van der Waals surface area contributed by atoms with Crippen LogP contribution in [0.1, 0.15) is 69.4 Å². The number of nitrogens with zero attached hydrogens (tertiary/aromatic N) is 3. The first-order chi connectivity index (χ1) is 19.1. The lowest BCUT2D eigenvalue weighted by Gasteiger charge is -2.51. The standard InChI is InChI=1S/C30H42F2N4O4/c1-34-27(38)29(20-35(28(34)39)16-17-40-2)18-23-8-9-24(19-29)36(23)15-12-25(21-6-4-3-5-7-21)33-26(37)22-10-13-30(31,32)14-11-22/h3-7,22-25H,8-20H2,1-2H3,(H,33,37)/t23?,24?,25-,29?/m0/s1. The summed E-state index contributed by atoms with van der Waals surface area (Å²) in [6.07, 6.45) is 4.10. The van der Waals surface area contributed by atoms with Crippen LogP contribution in [0.2, 0.25) is 0 Å². The number of fused-ring (bicyclic) bond motifs is 2. The number of imide groups is 1. The van der Waals surface area contributed by atoms with E-state index in [2.05, 4.69) is 10.2 Å². The van der Waals surface area contributed by atoms with E-state index in [1.807, 2.05) is 30.3 Å². The van der Waals surface area contributed by atoms with Gasteiger partial charge in [0.1, 0.15) is 0 Å². The third kappa shape index (κ3) is 5.88. The maximum Gasteiger partial charge on any atom is 0.326 e. The molecule has 3 heterocycles. The maximum atomic E-state index is 13.7. The molecule has 8 nitrogen and oxygen atoms in total. The molecule has 4 aliphatic rings. The molecular weight excluding hydrogens is 518 g/mol. The van der Waals surface area contributed by atoms with Gasteiger partial charge in [-0.25, -0.2) is 13.6 Å². The number of halogens is 2. The molecule has 5 rings (SSSR count). The van der Waals surface area contributed by atoms with E-state index in [0.717, 1.165) is 24.9 Å². The van der Waals surface area contributed by atoms with Gasteiger partial charge in [-0.1, -0.05) is 30.3 Å². The van der Waals surface area contributed by atoms with E-state index in [-0.39, 0.29) is 67.6 Å². The number of benzene rings is 1. The summed E-state index contributed by atoms with van der Waals surface area (Å²) in [5, 5.41) is 3.19. The minimum atomic E-state index is -2.66. The van der Waals surface area contributed by atoms with Crippen molar-refractivity contribution >= 4 is 17.8 Å². The molecule has 2 bridgehead atoms. The van der Waals surface area contributed by atoms with Crippen molar-refractivity contribution in [3.05, 3.63) is 35.9 Å². The fourth-order valence-corrected chi connectivity index (χ4v) is 7.52. The Kier molecular flexibility index (Phi) is 8.47. The highest BCUT2D eigenvalue weighted by molar-refractivity contribution is 6.00. The van der Waals surface area contributed by atoms with Crippen molar-refractivity contribution in [1.82, 2.24) is 20.0 Å². The first-order valence-electron chi connectivity index (χ1n) is 14.7. The van der Waals surface area contributed by atoms with E-state index in [4.69, 9.17) is 4.74 Å². The van der Waals surface area contributed by atoms with Crippen molar-refractivity contribution in [1.29, 1.82) is 0 Å². The number of piperidine rings is 1. The van der Waals surface area contributed by atoms with Crippen LogP contribution in [0.5, 0.6) is 0 Å². The average molecular weight is 561 g/mol. The summed E-state index contributed by atoms with van der Waals surface area (Å²) in [6, 6.07) is 9.85. The molecule has 10 heteroatoms. The van der Waals surface area contributed by atoms with Gasteiger partial charge in [0.15, 0.2) is 0 Å². The van der Waals surface area contributed by atoms with Gasteiger partial charge in [-0.3, -0.25) is 19.4 Å². The molecule has 3 aliphatic heterocycles. The SMILES string of the molecule is COCCN1CC2(CC3CCC(C2)N3CC[C@H](NC(=O)C2CCC(F)(F)CC2)c2ccccc2)C(=O)N(C)C1=O. The number of amides is 4. The second-order valence-electron chi connectivity index (χ2n) is 12.3. The molecule has 4 amide bonds. The first-order valence-corrected chi connectivity index (χ1v) is 14.7. The summed E-state index contributed by atoms with van der Waals surface area (Å²) in [7, 11) is 3.19. The number of rotatable bonds is 9. The number of hydrogen-bond acceptors (Lipinski definition) is 5. The van der Waals surface area contributed by atoms with Crippen LogP contribution in [0, 0.1) is 11.3 Å². The van der Waals surface area contributed by atoms with Crippen molar-refractivity contribution in [2.24, 2.45) is 11.3 Å². The van der Waals surface area contributed by atoms with Gasteiger partial charge in [0, 0.05) is 64.6 Å². The molecule has 3 atom stereocenters. The Morgan fingerprint density at radius 2 is 1.70 bits per heavy atom. The monoisotopic (exact) mass is 560 g/mol. The van der Waals surface area contributed by atoms with Crippen molar-refractivity contribution < 1.29 is 27.9 Å². The molecule has 1 aliphatic carbocycles. The molecule has 1 aromatic carbocycles. The van der Waals surface area contributed by atoms with Gasteiger partial charge >= 0.3 is 6.03 Å². The Morgan fingerprint density at radius 1 is 1.05 bits per heavy atom. The van der Waals surface area contributed by atoms with Gasteiger partial charge in [0.2, 0.25) is 17.7 Å². The van der Waals surface area contributed by atoms with Crippen LogP contribution in [0.3, 0.4) is 0 Å². The van der Waals surface area contributed by atoms with Crippen LogP contribution < -0.4 is 5.32 Å². The number of ether oxygens (including phenoxy) is 1. The van der Waals surface area contributed by atoms with E-state index in [1.165, 1.54) is 4.90 Å². The Balaban J connectivity index is 1.25. The number of hydrogen-bond donors (Lipinski definition) is 1. The molecule has 0 aromatic heterocycles. The summed E-state index contributed by atoms with van der Waals surface area (Å²) in [5.41, 5.74) is 0.434. The average Bonchev–Trinajstić information content (AvgIpc) is 3.20. The normalized spacial score (nSPS) is 29.7. The summed E-state index contributed by atoms with van der Waals surface area (Å²) in [5.74, 6) is -3.25. The summed E-state index contributed by atoms with van der Waals surface area (Å²) in [6.45, 7) is 2.09. The number of nitrogens with one attached hydrogen (secondary N) is 1. The van der Waals surface area contributed by atoms with E-state index in [1.54, 1.807) is 19.1 Å². The second kappa shape index (κ2) is 11.7. The molecule has 220 valence electrons. The van der Waals surface area contributed by atoms with Crippen molar-refractivity contribution in [3.8, 4) is 0 Å². The molecule has 1 saturated carbocycles. The van der Waals surface area contributed by atoms with Crippen LogP contribution in [-0.4, -0.2) is 91.0 Å². The molecule has 40 heavy (non-hydrogen) atoms. The van der Waals surface area contributed by atoms with Gasteiger partial charge in [-0.2, -0.15) is 0 Å². The third-order valence-corrected chi connectivity index (χ3v) is 9.68. The molecule has 1 spiro atoms. The van der Waals surface area contributed by atoms with Crippen LogP contribution in [0.25, 0.3) is 0 Å². The van der Waals surface area contributed by atoms with Crippen molar-refractivity contribution in [2.75, 3.05) is 40.4 Å². The highest BCUT2D eigenvalue weighted by Crippen LogP contribution is 2.48. The highest BCUT2D eigenvalue weighted by Gasteiger charge is 2.56. The molecule has 2 unspecified atom stereocenters. The summed E-state index contributed by atoms with van der Waals surface area (Å²) < 4.78 is 32.5. The van der Waals surface area contributed by atoms with Crippen LogP contribution in [-0.2, 0) is 14.3 Å². The van der Waals surface area contributed by atoms with E-state index >= 15 is 0 Å². The van der Waals surface area contributed by atoms with Crippen molar-refractivity contribution in [3.63, 3.8) is 0 Å². The zero-order valence-corrected chi connectivity index (χ0v) is 23.6. The maximum absolute atomic E-state index is 13.7. The Morgan fingerprint density at radius 3 is 2.33 bits per heavy atom. The lowest BCUT2D eigenvalue weighted by atomic mass is 9.72.